The number of nitrogens with one attached hydrogen (secondary N) is 2. The SMILES string of the molecule is Cc1cc(C)c2[nH]c(C)c(CC(=O)Nc3ccc4c(c3)N(C)CCC4)c2c1. The summed E-state index contributed by atoms with van der Waals surface area (Å²) in [6, 6.07) is 10.6. The Morgan fingerprint density at radius 1 is 1.19 bits per heavy atom. The molecule has 1 aromatic heterocycles. The van der Waals surface area contributed by atoms with E-state index in [1.165, 1.54) is 28.8 Å². The fraction of sp³-hybridized carbons (Fsp3) is 0.348. The van der Waals surface area contributed by atoms with Crippen molar-refractivity contribution < 1.29 is 4.79 Å². The fourth-order valence-corrected chi connectivity index (χ4v) is 4.27. The van der Waals surface area contributed by atoms with Crippen molar-refractivity contribution in [1.82, 2.24) is 4.98 Å². The van der Waals surface area contributed by atoms with Crippen molar-refractivity contribution in [3.63, 3.8) is 0 Å². The highest BCUT2D eigenvalue weighted by molar-refractivity contribution is 5.97. The van der Waals surface area contributed by atoms with Crippen molar-refractivity contribution in [1.29, 1.82) is 0 Å². The third-order valence-corrected chi connectivity index (χ3v) is 5.63. The largest absolute Gasteiger partial charge is 0.374 e. The maximum Gasteiger partial charge on any atom is 0.228 e. The molecule has 27 heavy (non-hydrogen) atoms. The molecular weight excluding hydrogens is 334 g/mol. The Hall–Kier alpha value is -2.75. The van der Waals surface area contributed by atoms with Gasteiger partial charge in [0.2, 0.25) is 5.91 Å². The van der Waals surface area contributed by atoms with Crippen molar-refractivity contribution >= 4 is 28.2 Å². The molecule has 0 atom stereocenters. The number of anilines is 2. The van der Waals surface area contributed by atoms with E-state index in [0.717, 1.165) is 40.8 Å². The molecule has 0 saturated carbocycles. The lowest BCUT2D eigenvalue weighted by atomic mass is 10.0. The van der Waals surface area contributed by atoms with Crippen molar-refractivity contribution in [2.24, 2.45) is 0 Å². The Morgan fingerprint density at radius 2 is 2.00 bits per heavy atom. The lowest BCUT2D eigenvalue weighted by molar-refractivity contribution is -0.115. The molecule has 2 aromatic carbocycles. The van der Waals surface area contributed by atoms with Gasteiger partial charge in [0.05, 0.1) is 6.42 Å². The number of hydrogen-bond donors (Lipinski definition) is 2. The van der Waals surface area contributed by atoms with Crippen molar-refractivity contribution in [3.8, 4) is 0 Å². The lowest BCUT2D eigenvalue weighted by Crippen LogP contribution is -2.25. The van der Waals surface area contributed by atoms with Crippen LogP contribution >= 0.6 is 0 Å². The molecule has 1 aliphatic rings. The van der Waals surface area contributed by atoms with Gasteiger partial charge in [-0.05, 0) is 68.5 Å². The number of H-pyrrole nitrogens is 1. The Balaban J connectivity index is 1.58. The molecule has 2 N–H and O–H groups in total. The van der Waals surface area contributed by atoms with Crippen LogP contribution in [0.3, 0.4) is 0 Å². The number of aryl methyl sites for hydroxylation is 4. The highest BCUT2D eigenvalue weighted by atomic mass is 16.1. The first-order valence-corrected chi connectivity index (χ1v) is 9.64. The maximum atomic E-state index is 12.8. The van der Waals surface area contributed by atoms with Gasteiger partial charge in [-0.3, -0.25) is 4.79 Å². The highest BCUT2D eigenvalue weighted by Crippen LogP contribution is 2.30. The molecule has 0 saturated heterocycles. The number of nitrogens with zero attached hydrogens (tertiary/aromatic N) is 1. The van der Waals surface area contributed by atoms with E-state index >= 15 is 0 Å². The first-order valence-electron chi connectivity index (χ1n) is 9.64. The highest BCUT2D eigenvalue weighted by Gasteiger charge is 2.17. The van der Waals surface area contributed by atoms with Crippen LogP contribution in [0.1, 0.15) is 34.4 Å². The second-order valence-electron chi connectivity index (χ2n) is 7.83. The maximum absolute atomic E-state index is 12.8. The van der Waals surface area contributed by atoms with Crippen LogP contribution in [0.4, 0.5) is 11.4 Å². The number of rotatable bonds is 3. The summed E-state index contributed by atoms with van der Waals surface area (Å²) in [6.07, 6.45) is 2.68. The Kier molecular flexibility index (Phi) is 4.42. The summed E-state index contributed by atoms with van der Waals surface area (Å²) in [6.45, 7) is 7.32. The average Bonchev–Trinajstić information content (AvgIpc) is 2.92. The van der Waals surface area contributed by atoms with Crippen molar-refractivity contribution in [2.45, 2.75) is 40.0 Å². The van der Waals surface area contributed by atoms with Gasteiger partial charge in [0.1, 0.15) is 0 Å². The van der Waals surface area contributed by atoms with Gasteiger partial charge >= 0.3 is 0 Å². The number of aromatic nitrogens is 1. The molecule has 0 aliphatic carbocycles. The molecular formula is C23H27N3O. The summed E-state index contributed by atoms with van der Waals surface area (Å²) in [5.74, 6) is 0.0246. The molecule has 0 fully saturated rings. The average molecular weight is 361 g/mol. The second kappa shape index (κ2) is 6.76. The van der Waals surface area contributed by atoms with Gasteiger partial charge in [-0.2, -0.15) is 0 Å². The Morgan fingerprint density at radius 3 is 2.81 bits per heavy atom. The molecule has 3 aromatic rings. The summed E-state index contributed by atoms with van der Waals surface area (Å²) in [4.78, 5) is 18.5. The molecule has 4 nitrogen and oxygen atoms in total. The monoisotopic (exact) mass is 361 g/mol. The van der Waals surface area contributed by atoms with Gasteiger partial charge in [-0.25, -0.2) is 0 Å². The van der Waals surface area contributed by atoms with Crippen LogP contribution in [0.5, 0.6) is 0 Å². The number of carbonyl (C=O) groups excluding carboxylic acids is 1. The topological polar surface area (TPSA) is 48.1 Å². The summed E-state index contributed by atoms with van der Waals surface area (Å²) in [5, 5.41) is 4.25. The van der Waals surface area contributed by atoms with E-state index in [1.54, 1.807) is 0 Å². The number of amides is 1. The van der Waals surface area contributed by atoms with Crippen LogP contribution in [0.2, 0.25) is 0 Å². The summed E-state index contributed by atoms with van der Waals surface area (Å²) in [7, 11) is 2.11. The summed E-state index contributed by atoms with van der Waals surface area (Å²) < 4.78 is 0. The van der Waals surface area contributed by atoms with E-state index in [9.17, 15) is 4.79 Å². The summed E-state index contributed by atoms with van der Waals surface area (Å²) >= 11 is 0. The first-order chi connectivity index (χ1) is 12.9. The van der Waals surface area contributed by atoms with Crippen LogP contribution in [-0.4, -0.2) is 24.5 Å². The van der Waals surface area contributed by atoms with Crippen molar-refractivity contribution in [3.05, 3.63) is 58.3 Å². The van der Waals surface area contributed by atoms with Crippen LogP contribution in [0.25, 0.3) is 10.9 Å². The van der Waals surface area contributed by atoms with Gasteiger partial charge in [-0.15, -0.1) is 0 Å². The number of fused-ring (bicyclic) bond motifs is 2. The van der Waals surface area contributed by atoms with Gasteiger partial charge in [0.15, 0.2) is 0 Å². The van der Waals surface area contributed by atoms with E-state index in [1.807, 2.05) is 13.0 Å². The molecule has 2 heterocycles. The van der Waals surface area contributed by atoms with Gasteiger partial charge in [0.25, 0.3) is 0 Å². The quantitative estimate of drug-likeness (QED) is 0.713. The minimum absolute atomic E-state index is 0.0246. The summed E-state index contributed by atoms with van der Waals surface area (Å²) in [5.41, 5.74) is 9.20. The molecule has 1 amide bonds. The van der Waals surface area contributed by atoms with E-state index < -0.39 is 0 Å². The van der Waals surface area contributed by atoms with Crippen LogP contribution in [-0.2, 0) is 17.6 Å². The Labute approximate surface area is 160 Å². The van der Waals surface area contributed by atoms with Gasteiger partial charge < -0.3 is 15.2 Å². The van der Waals surface area contributed by atoms with Crippen LogP contribution in [0, 0.1) is 20.8 Å². The van der Waals surface area contributed by atoms with E-state index in [4.69, 9.17) is 0 Å². The third-order valence-electron chi connectivity index (χ3n) is 5.63. The molecule has 4 heteroatoms. The number of benzene rings is 2. The van der Waals surface area contributed by atoms with E-state index in [2.05, 4.69) is 60.4 Å². The van der Waals surface area contributed by atoms with E-state index in [0.29, 0.717) is 6.42 Å². The third kappa shape index (κ3) is 3.32. The zero-order valence-corrected chi connectivity index (χ0v) is 16.6. The molecule has 4 rings (SSSR count). The minimum atomic E-state index is 0.0246. The van der Waals surface area contributed by atoms with Crippen molar-refractivity contribution in [2.75, 3.05) is 23.8 Å². The zero-order chi connectivity index (χ0) is 19.1. The molecule has 0 radical (unpaired) electrons. The number of aromatic amines is 1. The minimum Gasteiger partial charge on any atom is -0.374 e. The van der Waals surface area contributed by atoms with Gasteiger partial charge in [-0.1, -0.05) is 17.7 Å². The molecule has 0 unspecified atom stereocenters. The predicted octanol–water partition coefficient (Wildman–Crippen LogP) is 4.66. The predicted molar refractivity (Wildman–Crippen MR) is 113 cm³/mol. The fourth-order valence-electron chi connectivity index (χ4n) is 4.27. The smallest absolute Gasteiger partial charge is 0.228 e. The second-order valence-corrected chi connectivity index (χ2v) is 7.83. The molecule has 0 bridgehead atoms. The number of carbonyl (C=O) groups is 1. The van der Waals surface area contributed by atoms with Crippen LogP contribution < -0.4 is 10.2 Å². The molecule has 140 valence electrons. The zero-order valence-electron chi connectivity index (χ0n) is 16.6. The lowest BCUT2D eigenvalue weighted by Gasteiger charge is -2.28. The van der Waals surface area contributed by atoms with Gasteiger partial charge in [0, 0.05) is 41.6 Å². The molecule has 1 aliphatic heterocycles. The van der Waals surface area contributed by atoms with E-state index in [-0.39, 0.29) is 5.91 Å². The van der Waals surface area contributed by atoms with Crippen LogP contribution in [0.15, 0.2) is 30.3 Å². The molecule has 0 spiro atoms. The standard InChI is InChI=1S/C23H27N3O/c1-14-10-15(2)23-20(11-14)19(16(3)24-23)13-22(27)25-18-8-7-17-6-5-9-26(4)21(17)12-18/h7-8,10-12,24H,5-6,9,13H2,1-4H3,(H,25,27). The first kappa shape index (κ1) is 17.7. The number of hydrogen-bond acceptors (Lipinski definition) is 2. The Bertz CT molecular complexity index is 1030. The normalized spacial score (nSPS) is 13.7.